The van der Waals surface area contributed by atoms with Gasteiger partial charge in [-0.2, -0.15) is 0 Å². The minimum atomic E-state index is -0.218. The van der Waals surface area contributed by atoms with Crippen LogP contribution in [0.5, 0.6) is 0 Å². The maximum Gasteiger partial charge on any atom is 0.255 e. The Morgan fingerprint density at radius 1 is 1.48 bits per heavy atom. The van der Waals surface area contributed by atoms with Crippen LogP contribution in [-0.2, 0) is 0 Å². The van der Waals surface area contributed by atoms with Gasteiger partial charge in [-0.25, -0.2) is 0 Å². The Balaban J connectivity index is 2.29. The van der Waals surface area contributed by atoms with Crippen LogP contribution in [0.3, 0.4) is 0 Å². The van der Waals surface area contributed by atoms with Gasteiger partial charge in [-0.05, 0) is 25.3 Å². The maximum atomic E-state index is 12.9. The summed E-state index contributed by atoms with van der Waals surface area (Å²) in [6, 6.07) is 2.04. The van der Waals surface area contributed by atoms with Crippen LogP contribution in [0, 0.1) is 11.8 Å². The van der Waals surface area contributed by atoms with Gasteiger partial charge in [-0.1, -0.05) is 31.6 Å². The van der Waals surface area contributed by atoms with E-state index in [0.717, 1.165) is 25.8 Å². The summed E-state index contributed by atoms with van der Waals surface area (Å²) in [6.07, 6.45) is 8.71. The molecule has 1 fully saturated rings. The van der Waals surface area contributed by atoms with Gasteiger partial charge in [0, 0.05) is 25.0 Å². The minimum absolute atomic E-state index is 0.0355. The van der Waals surface area contributed by atoms with Crippen molar-refractivity contribution in [3.05, 3.63) is 29.6 Å². The molecule has 4 heteroatoms. The van der Waals surface area contributed by atoms with Crippen molar-refractivity contribution in [2.45, 2.75) is 45.1 Å². The molecular weight excluding hydrogens is 264 g/mol. The summed E-state index contributed by atoms with van der Waals surface area (Å²) in [5.41, 5.74) is 1.18. The Bertz CT molecular complexity index is 545. The van der Waals surface area contributed by atoms with Gasteiger partial charge in [0.2, 0.25) is 0 Å². The molecule has 0 spiro atoms. The van der Waals surface area contributed by atoms with Crippen LogP contribution < -0.4 is 0 Å². The number of aliphatic hydroxyl groups excluding tert-OH is 1. The first-order valence-corrected chi connectivity index (χ1v) is 7.62. The van der Waals surface area contributed by atoms with E-state index in [9.17, 15) is 4.79 Å². The van der Waals surface area contributed by atoms with Crippen molar-refractivity contribution in [2.75, 3.05) is 13.2 Å². The van der Waals surface area contributed by atoms with Crippen LogP contribution in [-0.4, -0.2) is 40.1 Å². The summed E-state index contributed by atoms with van der Waals surface area (Å²) < 4.78 is 0. The van der Waals surface area contributed by atoms with Gasteiger partial charge in [0.15, 0.2) is 0 Å². The van der Waals surface area contributed by atoms with E-state index in [0.29, 0.717) is 17.2 Å². The number of likely N-dealkylation sites (tertiary alicyclic amines) is 1. The number of aliphatic hydroxyl groups is 1. The molecule has 2 rings (SSSR count). The quantitative estimate of drug-likeness (QED) is 0.848. The van der Waals surface area contributed by atoms with Crippen molar-refractivity contribution in [1.82, 2.24) is 9.88 Å². The van der Waals surface area contributed by atoms with E-state index in [1.807, 2.05) is 4.90 Å². The molecule has 1 saturated heterocycles. The first-order valence-electron chi connectivity index (χ1n) is 7.62. The van der Waals surface area contributed by atoms with Gasteiger partial charge in [0.05, 0.1) is 11.1 Å². The van der Waals surface area contributed by atoms with Crippen LogP contribution in [0.4, 0.5) is 0 Å². The number of carbonyl (C=O) groups is 1. The molecule has 0 saturated carbocycles. The molecule has 1 atom stereocenters. The third-order valence-electron chi connectivity index (χ3n) is 3.96. The molecule has 1 aromatic heterocycles. The highest BCUT2D eigenvalue weighted by molar-refractivity contribution is 5.96. The van der Waals surface area contributed by atoms with Gasteiger partial charge >= 0.3 is 0 Å². The van der Waals surface area contributed by atoms with Crippen LogP contribution in [0.1, 0.15) is 54.9 Å². The number of pyridine rings is 1. The Labute approximate surface area is 126 Å². The van der Waals surface area contributed by atoms with E-state index in [-0.39, 0.29) is 12.5 Å². The molecule has 2 heterocycles. The highest BCUT2D eigenvalue weighted by atomic mass is 16.2. The van der Waals surface area contributed by atoms with Crippen molar-refractivity contribution in [3.63, 3.8) is 0 Å². The lowest BCUT2D eigenvalue weighted by atomic mass is 10.0. The fourth-order valence-corrected chi connectivity index (χ4v) is 2.84. The molecule has 4 nitrogen and oxygen atoms in total. The van der Waals surface area contributed by atoms with Gasteiger partial charge in [0.1, 0.15) is 6.61 Å². The van der Waals surface area contributed by atoms with Gasteiger partial charge in [0.25, 0.3) is 5.91 Å². The van der Waals surface area contributed by atoms with Crippen LogP contribution in [0.2, 0.25) is 0 Å². The predicted octanol–water partition coefficient (Wildman–Crippen LogP) is 2.22. The molecule has 1 N–H and O–H groups in total. The normalized spacial score (nSPS) is 18.6. The first kappa shape index (κ1) is 15.5. The standard InChI is InChI=1S/C17H22N2O2/c1-2-15-8-4-3-5-11-19(15)17(21)16-9-10-18-13-14(16)7-6-12-20/h9-10,13,15,20H,2-5,8,11-12H2,1H3. The van der Waals surface area contributed by atoms with Crippen molar-refractivity contribution in [1.29, 1.82) is 0 Å². The lowest BCUT2D eigenvalue weighted by molar-refractivity contribution is 0.0678. The number of hydrogen-bond donors (Lipinski definition) is 1. The second-order valence-electron chi connectivity index (χ2n) is 5.29. The highest BCUT2D eigenvalue weighted by Crippen LogP contribution is 2.22. The number of rotatable bonds is 2. The minimum Gasteiger partial charge on any atom is -0.384 e. The molecular formula is C17H22N2O2. The molecule has 1 aliphatic heterocycles. The summed E-state index contributed by atoms with van der Waals surface area (Å²) in [4.78, 5) is 18.9. The van der Waals surface area contributed by atoms with Crippen molar-refractivity contribution in [3.8, 4) is 11.8 Å². The van der Waals surface area contributed by atoms with Gasteiger partial charge < -0.3 is 10.0 Å². The monoisotopic (exact) mass is 286 g/mol. The lowest BCUT2D eigenvalue weighted by Gasteiger charge is -2.29. The Kier molecular flexibility index (Phi) is 5.77. The highest BCUT2D eigenvalue weighted by Gasteiger charge is 2.26. The number of nitrogens with zero attached hydrogens (tertiary/aromatic N) is 2. The number of aromatic nitrogens is 1. The summed E-state index contributed by atoms with van der Waals surface area (Å²) in [5.74, 6) is 5.45. The summed E-state index contributed by atoms with van der Waals surface area (Å²) in [5, 5.41) is 8.83. The molecule has 0 radical (unpaired) electrons. The lowest BCUT2D eigenvalue weighted by Crippen LogP contribution is -2.40. The Hall–Kier alpha value is -1.86. The fraction of sp³-hybridized carbons (Fsp3) is 0.529. The predicted molar refractivity (Wildman–Crippen MR) is 81.8 cm³/mol. The van der Waals surface area contributed by atoms with Gasteiger partial charge in [-0.15, -0.1) is 0 Å². The fourth-order valence-electron chi connectivity index (χ4n) is 2.84. The maximum absolute atomic E-state index is 12.9. The smallest absolute Gasteiger partial charge is 0.255 e. The number of hydrogen-bond acceptors (Lipinski definition) is 3. The molecule has 21 heavy (non-hydrogen) atoms. The zero-order valence-corrected chi connectivity index (χ0v) is 12.5. The average molecular weight is 286 g/mol. The summed E-state index contributed by atoms with van der Waals surface area (Å²) in [7, 11) is 0. The summed E-state index contributed by atoms with van der Waals surface area (Å²) in [6.45, 7) is 2.73. The SMILES string of the molecule is CCC1CCCCCN1C(=O)c1ccncc1C#CCO. The van der Waals surface area contributed by atoms with Crippen molar-refractivity contribution in [2.24, 2.45) is 0 Å². The van der Waals surface area contributed by atoms with Crippen molar-refractivity contribution >= 4 is 5.91 Å². The molecule has 0 aromatic carbocycles. The average Bonchev–Trinajstić information content (AvgIpc) is 2.77. The number of carbonyl (C=O) groups excluding carboxylic acids is 1. The molecule has 0 aliphatic carbocycles. The topological polar surface area (TPSA) is 53.4 Å². The van der Waals surface area contributed by atoms with E-state index in [4.69, 9.17) is 5.11 Å². The molecule has 1 aliphatic rings. The second-order valence-corrected chi connectivity index (χ2v) is 5.29. The summed E-state index contributed by atoms with van der Waals surface area (Å²) >= 11 is 0. The third kappa shape index (κ3) is 3.83. The Morgan fingerprint density at radius 3 is 3.10 bits per heavy atom. The van der Waals surface area contributed by atoms with Crippen LogP contribution in [0.15, 0.2) is 18.5 Å². The third-order valence-corrected chi connectivity index (χ3v) is 3.96. The first-order chi connectivity index (χ1) is 10.3. The second kappa shape index (κ2) is 7.80. The van der Waals surface area contributed by atoms with E-state index in [2.05, 4.69) is 23.7 Å². The molecule has 0 bridgehead atoms. The molecule has 1 aromatic rings. The zero-order chi connectivity index (χ0) is 15.1. The molecule has 1 unspecified atom stereocenters. The zero-order valence-electron chi connectivity index (χ0n) is 12.5. The Morgan fingerprint density at radius 2 is 2.33 bits per heavy atom. The van der Waals surface area contributed by atoms with Crippen LogP contribution in [0.25, 0.3) is 0 Å². The van der Waals surface area contributed by atoms with E-state index >= 15 is 0 Å². The van der Waals surface area contributed by atoms with Gasteiger partial charge in [-0.3, -0.25) is 9.78 Å². The van der Waals surface area contributed by atoms with Crippen LogP contribution >= 0.6 is 0 Å². The van der Waals surface area contributed by atoms with E-state index < -0.39 is 0 Å². The van der Waals surface area contributed by atoms with Crippen molar-refractivity contribution < 1.29 is 9.90 Å². The largest absolute Gasteiger partial charge is 0.384 e. The molecule has 112 valence electrons. The molecule has 1 amide bonds. The van der Waals surface area contributed by atoms with E-state index in [1.54, 1.807) is 18.5 Å². The number of amides is 1. The van der Waals surface area contributed by atoms with E-state index in [1.165, 1.54) is 12.8 Å².